The van der Waals surface area contributed by atoms with Gasteiger partial charge in [0, 0.05) is 25.0 Å². The first-order valence-electron chi connectivity index (χ1n) is 8.97. The van der Waals surface area contributed by atoms with Gasteiger partial charge in [-0.3, -0.25) is 9.69 Å². The van der Waals surface area contributed by atoms with Crippen LogP contribution >= 0.6 is 0 Å². The molecule has 0 spiro atoms. The Labute approximate surface area is 138 Å². The summed E-state index contributed by atoms with van der Waals surface area (Å²) < 4.78 is 0. The third-order valence-electron chi connectivity index (χ3n) is 5.38. The maximum atomic E-state index is 12.2. The van der Waals surface area contributed by atoms with Crippen LogP contribution in [0.1, 0.15) is 49.7 Å². The highest BCUT2D eigenvalue weighted by atomic mass is 16.3. The topological polar surface area (TPSA) is 52.6 Å². The summed E-state index contributed by atoms with van der Waals surface area (Å²) in [5.74, 6) is 0.436. The smallest absolute Gasteiger partial charge is 0.223 e. The van der Waals surface area contributed by atoms with Gasteiger partial charge in [0.25, 0.3) is 0 Å². The van der Waals surface area contributed by atoms with Crippen LogP contribution in [0.4, 0.5) is 0 Å². The number of benzene rings is 1. The van der Waals surface area contributed by atoms with Gasteiger partial charge in [-0.05, 0) is 43.4 Å². The zero-order chi connectivity index (χ0) is 16.1. The van der Waals surface area contributed by atoms with Crippen LogP contribution in [-0.4, -0.2) is 35.1 Å². The van der Waals surface area contributed by atoms with Crippen LogP contribution in [-0.2, 0) is 17.9 Å². The van der Waals surface area contributed by atoms with E-state index in [1.165, 1.54) is 24.0 Å². The lowest BCUT2D eigenvalue weighted by Crippen LogP contribution is -2.33. The van der Waals surface area contributed by atoms with Crippen molar-refractivity contribution in [3.63, 3.8) is 0 Å². The van der Waals surface area contributed by atoms with Crippen molar-refractivity contribution in [3.8, 4) is 0 Å². The Kier molecular flexibility index (Phi) is 5.68. The summed E-state index contributed by atoms with van der Waals surface area (Å²) in [7, 11) is 0. The Hall–Kier alpha value is -1.39. The molecule has 1 aliphatic heterocycles. The van der Waals surface area contributed by atoms with E-state index in [1.54, 1.807) is 0 Å². The molecule has 1 amide bonds. The molecule has 0 radical (unpaired) electrons. The Balaban J connectivity index is 1.60. The molecule has 1 aromatic carbocycles. The molecule has 1 atom stereocenters. The standard InChI is InChI=1S/C19H28N2O2/c22-14-18-10-5-11-21(18)13-17-9-4-3-8-16(17)12-20-19(23)15-6-1-2-7-15/h3-4,8-9,15,18,22H,1-2,5-7,10-14H2,(H,20,23)/t18-/m1/s1. The van der Waals surface area contributed by atoms with Crippen LogP contribution < -0.4 is 5.32 Å². The predicted octanol–water partition coefficient (Wildman–Crippen LogP) is 2.45. The molecule has 126 valence electrons. The number of amides is 1. The minimum Gasteiger partial charge on any atom is -0.395 e. The molecule has 1 aromatic rings. The number of carbonyl (C=O) groups excluding carboxylic acids is 1. The summed E-state index contributed by atoms with van der Waals surface area (Å²) in [5, 5.41) is 12.6. The summed E-state index contributed by atoms with van der Waals surface area (Å²) in [6, 6.07) is 8.63. The van der Waals surface area contributed by atoms with Crippen LogP contribution in [0.2, 0.25) is 0 Å². The largest absolute Gasteiger partial charge is 0.395 e. The molecule has 1 heterocycles. The highest BCUT2D eigenvalue weighted by molar-refractivity contribution is 5.78. The Morgan fingerprint density at radius 2 is 1.87 bits per heavy atom. The van der Waals surface area contributed by atoms with E-state index in [-0.39, 0.29) is 24.5 Å². The predicted molar refractivity (Wildman–Crippen MR) is 90.8 cm³/mol. The van der Waals surface area contributed by atoms with E-state index in [0.717, 1.165) is 38.8 Å². The number of rotatable bonds is 6. The first-order valence-corrected chi connectivity index (χ1v) is 8.97. The maximum absolute atomic E-state index is 12.2. The zero-order valence-corrected chi connectivity index (χ0v) is 13.8. The van der Waals surface area contributed by atoms with Gasteiger partial charge in [0.1, 0.15) is 0 Å². The summed E-state index contributed by atoms with van der Waals surface area (Å²) in [6.07, 6.45) is 6.69. The van der Waals surface area contributed by atoms with Gasteiger partial charge < -0.3 is 10.4 Å². The molecule has 0 bridgehead atoms. The number of aliphatic hydroxyl groups is 1. The summed E-state index contributed by atoms with van der Waals surface area (Å²) in [6.45, 7) is 2.76. The number of likely N-dealkylation sites (tertiary alicyclic amines) is 1. The van der Waals surface area contributed by atoms with E-state index in [2.05, 4.69) is 28.4 Å². The average molecular weight is 316 g/mol. The van der Waals surface area contributed by atoms with Gasteiger partial charge in [0.05, 0.1) is 6.61 Å². The van der Waals surface area contributed by atoms with Crippen molar-refractivity contribution in [1.82, 2.24) is 10.2 Å². The minimum absolute atomic E-state index is 0.215. The fourth-order valence-electron chi connectivity index (χ4n) is 3.93. The fraction of sp³-hybridized carbons (Fsp3) is 0.632. The van der Waals surface area contributed by atoms with Crippen molar-refractivity contribution in [2.45, 2.75) is 57.7 Å². The lowest BCUT2D eigenvalue weighted by molar-refractivity contribution is -0.124. The van der Waals surface area contributed by atoms with Crippen LogP contribution in [0.3, 0.4) is 0 Å². The lowest BCUT2D eigenvalue weighted by Gasteiger charge is -2.24. The zero-order valence-electron chi connectivity index (χ0n) is 13.8. The quantitative estimate of drug-likeness (QED) is 0.847. The third kappa shape index (κ3) is 4.12. The normalized spacial score (nSPS) is 22.6. The molecule has 23 heavy (non-hydrogen) atoms. The molecule has 1 saturated heterocycles. The molecule has 3 rings (SSSR count). The second kappa shape index (κ2) is 7.93. The van der Waals surface area contributed by atoms with E-state index in [1.807, 2.05) is 6.07 Å². The minimum atomic E-state index is 0.215. The summed E-state index contributed by atoms with van der Waals surface area (Å²) >= 11 is 0. The first-order chi connectivity index (χ1) is 11.3. The van der Waals surface area contributed by atoms with Crippen molar-refractivity contribution in [2.24, 2.45) is 5.92 Å². The Bertz CT molecular complexity index is 526. The maximum Gasteiger partial charge on any atom is 0.223 e. The molecule has 0 unspecified atom stereocenters. The molecular formula is C19H28N2O2. The molecule has 4 nitrogen and oxygen atoms in total. The third-order valence-corrected chi connectivity index (χ3v) is 5.38. The summed E-state index contributed by atoms with van der Waals surface area (Å²) in [5.41, 5.74) is 2.46. The molecule has 1 aliphatic carbocycles. The molecule has 0 aromatic heterocycles. The number of hydrogen-bond acceptors (Lipinski definition) is 3. The van der Waals surface area contributed by atoms with Crippen molar-refractivity contribution in [2.75, 3.05) is 13.2 Å². The van der Waals surface area contributed by atoms with E-state index in [9.17, 15) is 9.90 Å². The van der Waals surface area contributed by atoms with E-state index in [4.69, 9.17) is 0 Å². The highest BCUT2D eigenvalue weighted by Gasteiger charge is 2.25. The first kappa shape index (κ1) is 16.5. The van der Waals surface area contributed by atoms with Gasteiger partial charge in [0.15, 0.2) is 0 Å². The molecule has 2 fully saturated rings. The molecular weight excluding hydrogens is 288 g/mol. The van der Waals surface area contributed by atoms with Crippen LogP contribution in [0.5, 0.6) is 0 Å². The van der Waals surface area contributed by atoms with Crippen molar-refractivity contribution in [3.05, 3.63) is 35.4 Å². The van der Waals surface area contributed by atoms with Gasteiger partial charge >= 0.3 is 0 Å². The van der Waals surface area contributed by atoms with Gasteiger partial charge in [0.2, 0.25) is 5.91 Å². The van der Waals surface area contributed by atoms with Crippen molar-refractivity contribution in [1.29, 1.82) is 0 Å². The van der Waals surface area contributed by atoms with Gasteiger partial charge in [-0.25, -0.2) is 0 Å². The lowest BCUT2D eigenvalue weighted by atomic mass is 10.0. The number of nitrogens with zero attached hydrogens (tertiary/aromatic N) is 1. The Morgan fingerprint density at radius 1 is 1.13 bits per heavy atom. The number of hydrogen-bond donors (Lipinski definition) is 2. The molecule has 2 aliphatic rings. The summed E-state index contributed by atoms with van der Waals surface area (Å²) in [4.78, 5) is 14.6. The van der Waals surface area contributed by atoms with Crippen LogP contribution in [0, 0.1) is 5.92 Å². The van der Waals surface area contributed by atoms with Crippen molar-refractivity contribution < 1.29 is 9.90 Å². The highest BCUT2D eigenvalue weighted by Crippen LogP contribution is 2.25. The number of carbonyl (C=O) groups is 1. The van der Waals surface area contributed by atoms with Gasteiger partial charge in [-0.15, -0.1) is 0 Å². The average Bonchev–Trinajstić information content (AvgIpc) is 3.25. The fourth-order valence-corrected chi connectivity index (χ4v) is 3.93. The molecule has 4 heteroatoms. The van der Waals surface area contributed by atoms with Gasteiger partial charge in [-0.1, -0.05) is 37.1 Å². The van der Waals surface area contributed by atoms with E-state index >= 15 is 0 Å². The van der Waals surface area contributed by atoms with Crippen LogP contribution in [0.15, 0.2) is 24.3 Å². The number of aliphatic hydroxyl groups excluding tert-OH is 1. The number of nitrogens with one attached hydrogen (secondary N) is 1. The van der Waals surface area contributed by atoms with E-state index < -0.39 is 0 Å². The van der Waals surface area contributed by atoms with Crippen LogP contribution in [0.25, 0.3) is 0 Å². The second-order valence-electron chi connectivity index (χ2n) is 6.92. The Morgan fingerprint density at radius 3 is 2.61 bits per heavy atom. The monoisotopic (exact) mass is 316 g/mol. The SMILES string of the molecule is O=C(NCc1ccccc1CN1CCC[C@@H]1CO)C1CCCC1. The molecule has 1 saturated carbocycles. The second-order valence-corrected chi connectivity index (χ2v) is 6.92. The van der Waals surface area contributed by atoms with E-state index in [0.29, 0.717) is 6.54 Å². The van der Waals surface area contributed by atoms with Gasteiger partial charge in [-0.2, -0.15) is 0 Å². The van der Waals surface area contributed by atoms with Crippen molar-refractivity contribution >= 4 is 5.91 Å². The molecule has 2 N–H and O–H groups in total.